The van der Waals surface area contributed by atoms with Gasteiger partial charge in [0.15, 0.2) is 6.10 Å². The first kappa shape index (κ1) is 15.6. The van der Waals surface area contributed by atoms with Gasteiger partial charge < -0.3 is 15.4 Å². The fraction of sp³-hybridized carbons (Fsp3) is 0.471. The van der Waals surface area contributed by atoms with Gasteiger partial charge in [-0.3, -0.25) is 4.79 Å². The summed E-state index contributed by atoms with van der Waals surface area (Å²) in [4.78, 5) is 11.9. The number of benzene rings is 1. The van der Waals surface area contributed by atoms with E-state index in [1.165, 1.54) is 11.1 Å². The number of rotatable bonds is 6. The average Bonchev–Trinajstić information content (AvgIpc) is 2.52. The van der Waals surface area contributed by atoms with Gasteiger partial charge in [-0.2, -0.15) is 0 Å². The first-order chi connectivity index (χ1) is 10.2. The molecule has 1 amide bonds. The van der Waals surface area contributed by atoms with E-state index in [0.29, 0.717) is 12.6 Å². The summed E-state index contributed by atoms with van der Waals surface area (Å²) in [6.07, 6.45) is 4.43. The molecule has 1 aliphatic carbocycles. The molecule has 21 heavy (non-hydrogen) atoms. The molecule has 2 rings (SSSR count). The highest BCUT2D eigenvalue weighted by Crippen LogP contribution is 2.35. The first-order valence-corrected chi connectivity index (χ1v) is 7.51. The second kappa shape index (κ2) is 7.27. The van der Waals surface area contributed by atoms with Gasteiger partial charge in [-0.15, -0.1) is 6.58 Å². The van der Waals surface area contributed by atoms with Crippen molar-refractivity contribution in [2.45, 2.75) is 38.3 Å². The SMILES string of the molecule is C=CCNC(=O)C(C)Oc1cccc2c1CCCC2NC. The van der Waals surface area contributed by atoms with Gasteiger partial charge >= 0.3 is 0 Å². The van der Waals surface area contributed by atoms with E-state index in [1.807, 2.05) is 19.2 Å². The van der Waals surface area contributed by atoms with Gasteiger partial charge in [0.05, 0.1) is 0 Å². The second-order valence-electron chi connectivity index (χ2n) is 5.35. The van der Waals surface area contributed by atoms with Gasteiger partial charge in [0.25, 0.3) is 5.91 Å². The molecular formula is C17H24N2O2. The summed E-state index contributed by atoms with van der Waals surface area (Å²) in [6, 6.07) is 6.47. The van der Waals surface area contributed by atoms with Crippen molar-refractivity contribution in [3.8, 4) is 5.75 Å². The van der Waals surface area contributed by atoms with E-state index < -0.39 is 6.10 Å². The molecule has 1 aromatic rings. The van der Waals surface area contributed by atoms with Gasteiger partial charge in [-0.05, 0) is 50.4 Å². The molecule has 0 heterocycles. The van der Waals surface area contributed by atoms with Crippen molar-refractivity contribution in [1.29, 1.82) is 0 Å². The van der Waals surface area contributed by atoms with E-state index in [2.05, 4.69) is 23.3 Å². The Morgan fingerprint density at radius 1 is 1.57 bits per heavy atom. The highest BCUT2D eigenvalue weighted by molar-refractivity contribution is 5.80. The summed E-state index contributed by atoms with van der Waals surface area (Å²) in [7, 11) is 1.98. The lowest BCUT2D eigenvalue weighted by atomic mass is 9.87. The van der Waals surface area contributed by atoms with E-state index >= 15 is 0 Å². The Morgan fingerprint density at radius 2 is 2.38 bits per heavy atom. The number of ether oxygens (including phenoxy) is 1. The lowest BCUT2D eigenvalue weighted by molar-refractivity contribution is -0.127. The van der Waals surface area contributed by atoms with Crippen LogP contribution in [0.3, 0.4) is 0 Å². The van der Waals surface area contributed by atoms with Crippen LogP contribution in [0.25, 0.3) is 0 Å². The van der Waals surface area contributed by atoms with Crippen LogP contribution in [-0.4, -0.2) is 25.6 Å². The minimum Gasteiger partial charge on any atom is -0.481 e. The third-order valence-corrected chi connectivity index (χ3v) is 3.91. The van der Waals surface area contributed by atoms with Gasteiger partial charge in [0.2, 0.25) is 0 Å². The Bertz CT molecular complexity index is 514. The van der Waals surface area contributed by atoms with Crippen LogP contribution in [0.2, 0.25) is 0 Å². The number of carbonyl (C=O) groups excluding carboxylic acids is 1. The summed E-state index contributed by atoms with van der Waals surface area (Å²) in [5.41, 5.74) is 2.52. The van der Waals surface area contributed by atoms with Gasteiger partial charge in [-0.1, -0.05) is 18.2 Å². The van der Waals surface area contributed by atoms with Crippen molar-refractivity contribution in [2.75, 3.05) is 13.6 Å². The number of hydrogen-bond acceptors (Lipinski definition) is 3. The standard InChI is InChI=1S/C17H24N2O2/c1-4-11-19-17(20)12(2)21-16-10-6-7-13-14(16)8-5-9-15(13)18-3/h4,6-7,10,12,15,18H,1,5,8-9,11H2,2-3H3,(H,19,20). The largest absolute Gasteiger partial charge is 0.481 e. The van der Waals surface area contributed by atoms with Crippen LogP contribution < -0.4 is 15.4 Å². The molecule has 2 N–H and O–H groups in total. The molecule has 114 valence electrons. The Labute approximate surface area is 126 Å². The van der Waals surface area contributed by atoms with Crippen LogP contribution in [-0.2, 0) is 11.2 Å². The number of nitrogens with one attached hydrogen (secondary N) is 2. The minimum absolute atomic E-state index is 0.117. The molecule has 0 saturated carbocycles. The molecule has 0 bridgehead atoms. The quantitative estimate of drug-likeness (QED) is 0.790. The first-order valence-electron chi connectivity index (χ1n) is 7.51. The van der Waals surface area contributed by atoms with Crippen molar-refractivity contribution in [1.82, 2.24) is 10.6 Å². The van der Waals surface area contributed by atoms with E-state index in [0.717, 1.165) is 25.0 Å². The molecule has 0 aliphatic heterocycles. The number of amides is 1. The van der Waals surface area contributed by atoms with Crippen LogP contribution in [0.5, 0.6) is 5.75 Å². The van der Waals surface area contributed by atoms with E-state index in [9.17, 15) is 4.79 Å². The summed E-state index contributed by atoms with van der Waals surface area (Å²) >= 11 is 0. The summed E-state index contributed by atoms with van der Waals surface area (Å²) in [6.45, 7) is 5.82. The van der Waals surface area contributed by atoms with Gasteiger partial charge in [-0.25, -0.2) is 0 Å². The monoisotopic (exact) mass is 288 g/mol. The smallest absolute Gasteiger partial charge is 0.261 e. The predicted octanol–water partition coefficient (Wildman–Crippen LogP) is 2.35. The van der Waals surface area contributed by atoms with Crippen LogP contribution in [0.1, 0.15) is 36.9 Å². The Kier molecular flexibility index (Phi) is 5.39. The third-order valence-electron chi connectivity index (χ3n) is 3.91. The van der Waals surface area contributed by atoms with Crippen LogP contribution in [0.15, 0.2) is 30.9 Å². The molecule has 0 fully saturated rings. The van der Waals surface area contributed by atoms with Crippen LogP contribution >= 0.6 is 0 Å². The molecule has 0 spiro atoms. The zero-order valence-electron chi connectivity index (χ0n) is 12.8. The Balaban J connectivity index is 2.14. The number of hydrogen-bond donors (Lipinski definition) is 2. The highest BCUT2D eigenvalue weighted by atomic mass is 16.5. The van der Waals surface area contributed by atoms with Crippen molar-refractivity contribution in [3.63, 3.8) is 0 Å². The van der Waals surface area contributed by atoms with Crippen LogP contribution in [0.4, 0.5) is 0 Å². The summed E-state index contributed by atoms with van der Waals surface area (Å²) in [5, 5.41) is 6.10. The van der Waals surface area contributed by atoms with Crippen molar-refractivity contribution >= 4 is 5.91 Å². The maximum Gasteiger partial charge on any atom is 0.261 e. The number of fused-ring (bicyclic) bond motifs is 1. The normalized spacial score (nSPS) is 18.5. The molecule has 1 aromatic carbocycles. The molecular weight excluding hydrogens is 264 g/mol. The molecule has 2 atom stereocenters. The molecule has 2 unspecified atom stereocenters. The highest BCUT2D eigenvalue weighted by Gasteiger charge is 2.23. The lowest BCUT2D eigenvalue weighted by Crippen LogP contribution is -2.36. The summed E-state index contributed by atoms with van der Waals surface area (Å²) < 4.78 is 5.89. The van der Waals surface area contributed by atoms with Crippen LogP contribution in [0, 0.1) is 0 Å². The van der Waals surface area contributed by atoms with Crippen molar-refractivity contribution in [3.05, 3.63) is 42.0 Å². The molecule has 0 radical (unpaired) electrons. The zero-order valence-corrected chi connectivity index (χ0v) is 12.8. The fourth-order valence-electron chi connectivity index (χ4n) is 2.79. The topological polar surface area (TPSA) is 50.4 Å². The van der Waals surface area contributed by atoms with Crippen molar-refractivity contribution < 1.29 is 9.53 Å². The molecule has 4 nitrogen and oxygen atoms in total. The maximum absolute atomic E-state index is 11.9. The average molecular weight is 288 g/mol. The molecule has 1 aliphatic rings. The molecule has 0 aromatic heterocycles. The Hall–Kier alpha value is -1.81. The van der Waals surface area contributed by atoms with Crippen molar-refractivity contribution in [2.24, 2.45) is 0 Å². The lowest BCUT2D eigenvalue weighted by Gasteiger charge is -2.27. The second-order valence-corrected chi connectivity index (χ2v) is 5.35. The molecule has 0 saturated heterocycles. The van der Waals surface area contributed by atoms with Gasteiger partial charge in [0.1, 0.15) is 5.75 Å². The number of carbonyl (C=O) groups is 1. The van der Waals surface area contributed by atoms with E-state index in [1.54, 1.807) is 13.0 Å². The predicted molar refractivity (Wildman–Crippen MR) is 84.5 cm³/mol. The summed E-state index contributed by atoms with van der Waals surface area (Å²) in [5.74, 6) is 0.710. The van der Waals surface area contributed by atoms with E-state index in [4.69, 9.17) is 4.74 Å². The zero-order chi connectivity index (χ0) is 15.2. The molecule has 4 heteroatoms. The third kappa shape index (κ3) is 3.64. The van der Waals surface area contributed by atoms with E-state index in [-0.39, 0.29) is 5.91 Å². The van der Waals surface area contributed by atoms with Gasteiger partial charge in [0, 0.05) is 12.6 Å². The maximum atomic E-state index is 11.9. The minimum atomic E-state index is -0.508. The Morgan fingerprint density at radius 3 is 3.10 bits per heavy atom. The fourth-order valence-corrected chi connectivity index (χ4v) is 2.79.